The summed E-state index contributed by atoms with van der Waals surface area (Å²) in [7, 11) is -2.05. The molecule has 0 unspecified atom stereocenters. The fourth-order valence-corrected chi connectivity index (χ4v) is 5.37. The van der Waals surface area contributed by atoms with Gasteiger partial charge in [0, 0.05) is 44.0 Å². The Labute approximate surface area is 184 Å². The molecule has 0 amide bonds. The molecule has 6 nitrogen and oxygen atoms in total. The maximum absolute atomic E-state index is 13.4. The number of imidazole rings is 1. The lowest BCUT2D eigenvalue weighted by atomic mass is 9.94. The molecule has 0 aliphatic carbocycles. The average molecular weight is 469 g/mol. The number of nitrogens with one attached hydrogen (secondary N) is 1. The molecular formula is C20H19Cl2FN4O2S. The third kappa shape index (κ3) is 4.18. The largest absolute Gasteiger partial charge is 0.380 e. The maximum Gasteiger partial charge on any atom is 0.262 e. The van der Waals surface area contributed by atoms with Crippen LogP contribution in [0.4, 0.5) is 10.1 Å². The number of anilines is 1. The Morgan fingerprint density at radius 1 is 1.10 bits per heavy atom. The van der Waals surface area contributed by atoms with Crippen molar-refractivity contribution in [2.24, 2.45) is 7.05 Å². The summed E-state index contributed by atoms with van der Waals surface area (Å²) in [5.74, 6) is -0.540. The number of rotatable bonds is 5. The summed E-state index contributed by atoms with van der Waals surface area (Å²) >= 11 is 12.1. The smallest absolute Gasteiger partial charge is 0.262 e. The lowest BCUT2D eigenvalue weighted by molar-refractivity contribution is 0.468. The van der Waals surface area contributed by atoms with Gasteiger partial charge in [-0.3, -0.25) is 0 Å². The fourth-order valence-electron chi connectivity index (χ4n) is 3.61. The van der Waals surface area contributed by atoms with Gasteiger partial charge in [-0.1, -0.05) is 35.3 Å². The van der Waals surface area contributed by atoms with Gasteiger partial charge in [-0.05, 0) is 35.9 Å². The molecule has 1 saturated heterocycles. The molecule has 1 N–H and O–H groups in total. The van der Waals surface area contributed by atoms with Gasteiger partial charge >= 0.3 is 0 Å². The minimum atomic E-state index is -3.77. The van der Waals surface area contributed by atoms with Crippen LogP contribution in [-0.2, 0) is 17.1 Å². The van der Waals surface area contributed by atoms with Gasteiger partial charge in [0.25, 0.3) is 10.0 Å². The lowest BCUT2D eigenvalue weighted by Crippen LogP contribution is -2.32. The van der Waals surface area contributed by atoms with Crippen LogP contribution >= 0.6 is 23.2 Å². The van der Waals surface area contributed by atoms with E-state index in [0.29, 0.717) is 10.0 Å². The van der Waals surface area contributed by atoms with E-state index in [1.807, 2.05) is 0 Å². The molecule has 10 heteroatoms. The lowest BCUT2D eigenvalue weighted by Gasteiger charge is -2.21. The topological polar surface area (TPSA) is 67.2 Å². The Bertz CT molecular complexity index is 1170. The van der Waals surface area contributed by atoms with Crippen LogP contribution in [0.5, 0.6) is 0 Å². The molecule has 158 valence electrons. The average Bonchev–Trinajstić information content (AvgIpc) is 3.33. The Hall–Kier alpha value is -2.13. The van der Waals surface area contributed by atoms with Crippen molar-refractivity contribution in [3.63, 3.8) is 0 Å². The first-order valence-corrected chi connectivity index (χ1v) is 11.4. The van der Waals surface area contributed by atoms with Gasteiger partial charge in [0.05, 0.1) is 16.4 Å². The minimum Gasteiger partial charge on any atom is -0.380 e. The summed E-state index contributed by atoms with van der Waals surface area (Å²) in [4.78, 5) is 4.00. The van der Waals surface area contributed by atoms with E-state index in [1.165, 1.54) is 29.0 Å². The highest BCUT2D eigenvalue weighted by molar-refractivity contribution is 7.89. The van der Waals surface area contributed by atoms with E-state index in [0.717, 1.165) is 11.3 Å². The second kappa shape index (κ2) is 8.19. The molecule has 1 aliphatic heterocycles. The van der Waals surface area contributed by atoms with Crippen molar-refractivity contribution < 1.29 is 12.8 Å². The molecule has 0 bridgehead atoms. The molecule has 0 radical (unpaired) electrons. The van der Waals surface area contributed by atoms with Gasteiger partial charge in [-0.25, -0.2) is 17.8 Å². The predicted octanol–water partition coefficient (Wildman–Crippen LogP) is 4.13. The Kier molecular flexibility index (Phi) is 5.76. The number of aromatic nitrogens is 2. The SMILES string of the molecule is Cn1cnc(S(=O)(=O)N2C[C@@H](Nc3ccc(Cl)c(Cl)c3)[C@H](c3ccc(F)cc3)C2)c1. The zero-order valence-corrected chi connectivity index (χ0v) is 18.3. The zero-order chi connectivity index (χ0) is 21.5. The normalized spacial score (nSPS) is 19.9. The van der Waals surface area contributed by atoms with Crippen molar-refractivity contribution in [1.82, 2.24) is 13.9 Å². The van der Waals surface area contributed by atoms with Crippen molar-refractivity contribution in [3.05, 3.63) is 76.4 Å². The Morgan fingerprint density at radius 3 is 2.47 bits per heavy atom. The van der Waals surface area contributed by atoms with Gasteiger partial charge in [-0.15, -0.1) is 0 Å². The molecule has 1 aliphatic rings. The highest BCUT2D eigenvalue weighted by Crippen LogP contribution is 2.34. The van der Waals surface area contributed by atoms with Crippen LogP contribution < -0.4 is 5.32 Å². The molecule has 0 spiro atoms. The monoisotopic (exact) mass is 468 g/mol. The number of benzene rings is 2. The molecule has 3 aromatic rings. The second-order valence-electron chi connectivity index (χ2n) is 7.24. The number of nitrogens with zero attached hydrogens (tertiary/aromatic N) is 3. The molecule has 1 fully saturated rings. The molecule has 2 heterocycles. The first kappa shape index (κ1) is 21.1. The van der Waals surface area contributed by atoms with Gasteiger partial charge in [0.2, 0.25) is 0 Å². The van der Waals surface area contributed by atoms with Gasteiger partial charge in [-0.2, -0.15) is 4.31 Å². The number of aryl methyl sites for hydroxylation is 1. The highest BCUT2D eigenvalue weighted by Gasteiger charge is 2.41. The van der Waals surface area contributed by atoms with Crippen LogP contribution in [0.1, 0.15) is 11.5 Å². The van der Waals surface area contributed by atoms with Crippen molar-refractivity contribution >= 4 is 38.9 Å². The van der Waals surface area contributed by atoms with Crippen molar-refractivity contribution in [2.45, 2.75) is 17.0 Å². The Morgan fingerprint density at radius 2 is 1.83 bits per heavy atom. The summed E-state index contributed by atoms with van der Waals surface area (Å²) in [6.07, 6.45) is 2.92. The van der Waals surface area contributed by atoms with Crippen LogP contribution in [0, 0.1) is 5.82 Å². The molecule has 2 aromatic carbocycles. The van der Waals surface area contributed by atoms with E-state index < -0.39 is 10.0 Å². The fraction of sp³-hybridized carbons (Fsp3) is 0.250. The molecular weight excluding hydrogens is 450 g/mol. The second-order valence-corrected chi connectivity index (χ2v) is 9.94. The maximum atomic E-state index is 13.4. The molecule has 0 saturated carbocycles. The number of hydrogen-bond acceptors (Lipinski definition) is 4. The standard InChI is InChI=1S/C20H19Cl2FN4O2S/c1-26-11-20(24-12-26)30(28,29)27-9-16(13-2-4-14(23)5-3-13)19(10-27)25-15-6-7-17(21)18(22)8-15/h2-8,11-12,16,19,25H,9-10H2,1H3/t16-,19+/m0/s1. The van der Waals surface area contributed by atoms with Gasteiger partial charge in [0.1, 0.15) is 5.82 Å². The van der Waals surface area contributed by atoms with Crippen molar-refractivity contribution in [1.29, 1.82) is 0 Å². The van der Waals surface area contributed by atoms with Crippen LogP contribution in [0.15, 0.2) is 60.0 Å². The Balaban J connectivity index is 1.66. The van der Waals surface area contributed by atoms with E-state index >= 15 is 0 Å². The summed E-state index contributed by atoms with van der Waals surface area (Å²) in [6, 6.07) is 11.0. The third-order valence-electron chi connectivity index (χ3n) is 5.14. The summed E-state index contributed by atoms with van der Waals surface area (Å²) < 4.78 is 42.6. The zero-order valence-electron chi connectivity index (χ0n) is 16.0. The van der Waals surface area contributed by atoms with Crippen molar-refractivity contribution in [3.8, 4) is 0 Å². The molecule has 30 heavy (non-hydrogen) atoms. The minimum absolute atomic E-state index is 0.00181. The van der Waals surface area contributed by atoms with E-state index in [1.54, 1.807) is 41.9 Å². The number of hydrogen-bond donors (Lipinski definition) is 1. The summed E-state index contributed by atoms with van der Waals surface area (Å²) in [6.45, 7) is 0.463. The van der Waals surface area contributed by atoms with Crippen molar-refractivity contribution in [2.75, 3.05) is 18.4 Å². The van der Waals surface area contributed by atoms with Gasteiger partial charge in [0.15, 0.2) is 5.03 Å². The van der Waals surface area contributed by atoms with Crippen LogP contribution in [0.3, 0.4) is 0 Å². The van der Waals surface area contributed by atoms with Crippen LogP contribution in [-0.4, -0.2) is 41.4 Å². The molecule has 1 aromatic heterocycles. The van der Waals surface area contributed by atoms with E-state index in [-0.39, 0.29) is 35.9 Å². The number of halogens is 3. The third-order valence-corrected chi connectivity index (χ3v) is 7.60. The first-order chi connectivity index (χ1) is 14.2. The molecule has 2 atom stereocenters. The van der Waals surface area contributed by atoms with E-state index in [2.05, 4.69) is 10.3 Å². The predicted molar refractivity (Wildman–Crippen MR) is 115 cm³/mol. The van der Waals surface area contributed by atoms with Crippen LogP contribution in [0.25, 0.3) is 0 Å². The first-order valence-electron chi connectivity index (χ1n) is 9.19. The van der Waals surface area contributed by atoms with Gasteiger partial charge < -0.3 is 9.88 Å². The van der Waals surface area contributed by atoms with Crippen LogP contribution in [0.2, 0.25) is 10.0 Å². The quantitative estimate of drug-likeness (QED) is 0.610. The summed E-state index contributed by atoms with van der Waals surface area (Å²) in [5.41, 5.74) is 1.56. The highest BCUT2D eigenvalue weighted by atomic mass is 35.5. The number of sulfonamides is 1. The molecule has 4 rings (SSSR count). The van der Waals surface area contributed by atoms with E-state index in [4.69, 9.17) is 23.2 Å². The van der Waals surface area contributed by atoms with E-state index in [9.17, 15) is 12.8 Å². The summed E-state index contributed by atoms with van der Waals surface area (Å²) in [5, 5.41) is 4.19.